The zero-order valence-electron chi connectivity index (χ0n) is 8.23. The first-order valence-electron chi connectivity index (χ1n) is 5.63. The zero-order chi connectivity index (χ0) is 8.49. The average Bonchev–Trinajstić information content (AvgIpc) is 2.05. The maximum atomic E-state index is 2.47. The molecule has 0 nitrogen and oxygen atoms in total. The van der Waals surface area contributed by atoms with E-state index in [0.29, 0.717) is 0 Å². The van der Waals surface area contributed by atoms with Gasteiger partial charge in [-0.3, -0.25) is 0 Å². The van der Waals surface area contributed by atoms with Crippen molar-refractivity contribution in [2.75, 3.05) is 0 Å². The summed E-state index contributed by atoms with van der Waals surface area (Å²) in [7, 11) is 0. The Morgan fingerprint density at radius 2 is 0.833 bits per heavy atom. The van der Waals surface area contributed by atoms with Gasteiger partial charge in [-0.25, -0.2) is 0 Å². The molecule has 0 amide bonds. The maximum Gasteiger partial charge on any atom is -0.0386 e. The molecule has 1 saturated carbocycles. The van der Waals surface area contributed by atoms with Crippen molar-refractivity contribution in [3.63, 3.8) is 0 Å². The Bertz CT molecular complexity index is 43.0. The highest BCUT2D eigenvalue weighted by Gasteiger charge is 1.96. The zero-order valence-corrected chi connectivity index (χ0v) is 8.23. The minimum atomic E-state index is 1.32. The highest BCUT2D eigenvalue weighted by molar-refractivity contribution is 4.72. The largest absolute Gasteiger partial charge is 0.0533 e. The Kier molecular flexibility index (Phi) is 6.42. The Morgan fingerprint density at radius 3 is 1.33 bits per heavy atom. The van der Waals surface area contributed by atoms with Crippen molar-refractivity contribution in [2.24, 2.45) is 0 Å². The van der Waals surface area contributed by atoms with Crippen LogP contribution < -0.4 is 0 Å². The van der Waals surface area contributed by atoms with Gasteiger partial charge in [0.2, 0.25) is 0 Å². The van der Waals surface area contributed by atoms with Crippen LogP contribution in [0.15, 0.2) is 0 Å². The van der Waals surface area contributed by atoms with Crippen LogP contribution in [0.2, 0.25) is 0 Å². The highest BCUT2D eigenvalue weighted by atomic mass is 14.0. The van der Waals surface area contributed by atoms with Gasteiger partial charge in [0.25, 0.3) is 0 Å². The molecule has 0 bridgehead atoms. The van der Waals surface area contributed by atoms with Crippen molar-refractivity contribution in [3.05, 3.63) is 12.8 Å². The Hall–Kier alpha value is 0. The molecular weight excluding hydrogens is 144 g/mol. The average molecular weight is 166 g/mol. The van der Waals surface area contributed by atoms with Crippen LogP contribution in [0.3, 0.4) is 0 Å². The molecule has 12 heavy (non-hydrogen) atoms. The SMILES string of the molecule is [CH]1CC[CH]CCCCCCCC1. The third-order valence-corrected chi connectivity index (χ3v) is 2.64. The van der Waals surface area contributed by atoms with Crippen LogP contribution in [0.25, 0.3) is 0 Å². The third-order valence-electron chi connectivity index (χ3n) is 2.64. The fraction of sp³-hybridized carbons (Fsp3) is 0.833. The molecule has 1 rings (SSSR count). The van der Waals surface area contributed by atoms with Gasteiger partial charge in [0.15, 0.2) is 0 Å². The van der Waals surface area contributed by atoms with Gasteiger partial charge in [-0.2, -0.15) is 0 Å². The molecule has 1 aliphatic rings. The summed E-state index contributed by atoms with van der Waals surface area (Å²) in [4.78, 5) is 0. The van der Waals surface area contributed by atoms with Crippen molar-refractivity contribution in [1.82, 2.24) is 0 Å². The first kappa shape index (κ1) is 10.1. The molecule has 0 aromatic heterocycles. The smallest absolute Gasteiger partial charge is 0.0386 e. The molecule has 0 spiro atoms. The van der Waals surface area contributed by atoms with Gasteiger partial charge >= 0.3 is 0 Å². The fourth-order valence-corrected chi connectivity index (χ4v) is 1.81. The summed E-state index contributed by atoms with van der Waals surface area (Å²) >= 11 is 0. The Balaban J connectivity index is 2.00. The standard InChI is InChI=1S/C12H22/c1-2-4-6-8-10-12-11-9-7-5-3-1/h1,6H,2-5,7-12H2. The molecule has 0 N–H and O–H groups in total. The minimum absolute atomic E-state index is 1.32. The summed E-state index contributed by atoms with van der Waals surface area (Å²) in [6.45, 7) is 0. The lowest BCUT2D eigenvalue weighted by molar-refractivity contribution is 0.572. The summed E-state index contributed by atoms with van der Waals surface area (Å²) in [5.41, 5.74) is 0. The normalized spacial score (nSPS) is 24.0. The molecule has 0 heteroatoms. The van der Waals surface area contributed by atoms with E-state index in [4.69, 9.17) is 0 Å². The molecular formula is C12H22. The lowest BCUT2D eigenvalue weighted by atomic mass is 10.0. The molecule has 2 radical (unpaired) electrons. The number of hydrogen-bond donors (Lipinski definition) is 0. The van der Waals surface area contributed by atoms with E-state index in [1.165, 1.54) is 64.2 Å². The molecule has 0 aliphatic heterocycles. The number of rotatable bonds is 0. The van der Waals surface area contributed by atoms with Crippen molar-refractivity contribution in [2.45, 2.75) is 64.2 Å². The van der Waals surface area contributed by atoms with Gasteiger partial charge in [0.1, 0.15) is 0 Å². The van der Waals surface area contributed by atoms with E-state index in [1.807, 2.05) is 0 Å². The van der Waals surface area contributed by atoms with Gasteiger partial charge in [0, 0.05) is 0 Å². The van der Waals surface area contributed by atoms with Crippen LogP contribution in [0.4, 0.5) is 0 Å². The second kappa shape index (κ2) is 7.64. The summed E-state index contributed by atoms with van der Waals surface area (Å²) in [6.07, 6.45) is 19.0. The van der Waals surface area contributed by atoms with Crippen LogP contribution in [-0.2, 0) is 0 Å². The van der Waals surface area contributed by atoms with E-state index in [-0.39, 0.29) is 0 Å². The fourth-order valence-electron chi connectivity index (χ4n) is 1.81. The minimum Gasteiger partial charge on any atom is -0.0533 e. The second-order valence-electron chi connectivity index (χ2n) is 3.85. The molecule has 0 unspecified atom stereocenters. The molecule has 0 heterocycles. The Morgan fingerprint density at radius 1 is 0.417 bits per heavy atom. The first-order chi connectivity index (χ1) is 6.00. The quantitative estimate of drug-likeness (QED) is 0.503. The lowest BCUT2D eigenvalue weighted by Gasteiger charge is -2.05. The van der Waals surface area contributed by atoms with Gasteiger partial charge in [-0.05, 0) is 25.7 Å². The lowest BCUT2D eigenvalue weighted by Crippen LogP contribution is -1.87. The van der Waals surface area contributed by atoms with Gasteiger partial charge < -0.3 is 0 Å². The van der Waals surface area contributed by atoms with Crippen LogP contribution in [-0.4, -0.2) is 0 Å². The molecule has 0 aromatic carbocycles. The van der Waals surface area contributed by atoms with Crippen LogP contribution in [0.1, 0.15) is 64.2 Å². The van der Waals surface area contributed by atoms with Crippen LogP contribution >= 0.6 is 0 Å². The molecule has 0 aromatic rings. The van der Waals surface area contributed by atoms with Gasteiger partial charge in [-0.15, -0.1) is 0 Å². The second-order valence-corrected chi connectivity index (χ2v) is 3.85. The molecule has 70 valence electrons. The van der Waals surface area contributed by atoms with Gasteiger partial charge in [-0.1, -0.05) is 51.4 Å². The van der Waals surface area contributed by atoms with E-state index in [2.05, 4.69) is 12.8 Å². The van der Waals surface area contributed by atoms with Crippen molar-refractivity contribution < 1.29 is 0 Å². The monoisotopic (exact) mass is 166 g/mol. The highest BCUT2D eigenvalue weighted by Crippen LogP contribution is 2.14. The first-order valence-corrected chi connectivity index (χ1v) is 5.63. The van der Waals surface area contributed by atoms with Crippen LogP contribution in [0, 0.1) is 12.8 Å². The van der Waals surface area contributed by atoms with E-state index in [0.717, 1.165) is 0 Å². The topological polar surface area (TPSA) is 0 Å². The third kappa shape index (κ3) is 5.62. The molecule has 1 fully saturated rings. The van der Waals surface area contributed by atoms with E-state index < -0.39 is 0 Å². The summed E-state index contributed by atoms with van der Waals surface area (Å²) in [5, 5.41) is 0. The molecule has 0 saturated heterocycles. The molecule has 0 atom stereocenters. The van der Waals surface area contributed by atoms with Crippen molar-refractivity contribution in [3.8, 4) is 0 Å². The van der Waals surface area contributed by atoms with E-state index in [9.17, 15) is 0 Å². The predicted molar refractivity (Wildman–Crippen MR) is 54.8 cm³/mol. The summed E-state index contributed by atoms with van der Waals surface area (Å²) in [6, 6.07) is 0. The predicted octanol–water partition coefficient (Wildman–Crippen LogP) is 4.31. The van der Waals surface area contributed by atoms with E-state index in [1.54, 1.807) is 0 Å². The summed E-state index contributed by atoms with van der Waals surface area (Å²) in [5.74, 6) is 0. The summed E-state index contributed by atoms with van der Waals surface area (Å²) < 4.78 is 0. The van der Waals surface area contributed by atoms with Crippen molar-refractivity contribution >= 4 is 0 Å². The number of hydrogen-bond acceptors (Lipinski definition) is 0. The maximum absolute atomic E-state index is 2.47. The Labute approximate surface area is 77.7 Å². The molecule has 1 aliphatic carbocycles. The van der Waals surface area contributed by atoms with Crippen LogP contribution in [0.5, 0.6) is 0 Å². The van der Waals surface area contributed by atoms with Crippen molar-refractivity contribution in [1.29, 1.82) is 0 Å². The van der Waals surface area contributed by atoms with E-state index >= 15 is 0 Å². The van der Waals surface area contributed by atoms with Gasteiger partial charge in [0.05, 0.1) is 0 Å².